The van der Waals surface area contributed by atoms with Crippen LogP contribution in [0.2, 0.25) is 0 Å². The highest BCUT2D eigenvalue weighted by atomic mass is 32.2. The Bertz CT molecular complexity index is 360. The summed E-state index contributed by atoms with van der Waals surface area (Å²) in [6.45, 7) is 3.09. The molecule has 0 bridgehead atoms. The van der Waals surface area contributed by atoms with Gasteiger partial charge in [0.1, 0.15) is 0 Å². The average molecular weight is 221 g/mol. The second-order valence-electron chi connectivity index (χ2n) is 4.57. The SMILES string of the molecule is Cc1ccc([S@@+]([O-])N2C[C@H]2C2CC2)cc1. The maximum atomic E-state index is 12.1. The van der Waals surface area contributed by atoms with Crippen LogP contribution in [0.3, 0.4) is 0 Å². The van der Waals surface area contributed by atoms with Crippen molar-refractivity contribution in [1.29, 1.82) is 0 Å². The Balaban J connectivity index is 1.69. The van der Waals surface area contributed by atoms with E-state index in [-0.39, 0.29) is 0 Å². The monoisotopic (exact) mass is 221 g/mol. The van der Waals surface area contributed by atoms with E-state index in [1.807, 2.05) is 24.3 Å². The first kappa shape index (κ1) is 9.70. The number of nitrogens with zero attached hydrogens (tertiary/aromatic N) is 1. The minimum Gasteiger partial charge on any atom is -0.593 e. The summed E-state index contributed by atoms with van der Waals surface area (Å²) in [5.41, 5.74) is 1.22. The molecular weight excluding hydrogens is 206 g/mol. The maximum Gasteiger partial charge on any atom is 0.174 e. The van der Waals surface area contributed by atoms with Crippen LogP contribution >= 0.6 is 0 Å². The van der Waals surface area contributed by atoms with Gasteiger partial charge in [0, 0.05) is 0 Å². The third-order valence-electron chi connectivity index (χ3n) is 3.21. The van der Waals surface area contributed by atoms with Gasteiger partial charge >= 0.3 is 0 Å². The average Bonchev–Trinajstić information content (AvgIpc) is 3.09. The summed E-state index contributed by atoms with van der Waals surface area (Å²) in [5.74, 6) is 0.847. The minimum atomic E-state index is -0.910. The van der Waals surface area contributed by atoms with Crippen LogP contribution < -0.4 is 0 Å². The molecule has 3 rings (SSSR count). The van der Waals surface area contributed by atoms with Gasteiger partial charge < -0.3 is 4.55 Å². The lowest BCUT2D eigenvalue weighted by molar-refractivity contribution is 0.543. The molecule has 0 radical (unpaired) electrons. The molecule has 1 heterocycles. The van der Waals surface area contributed by atoms with Crippen molar-refractivity contribution in [2.75, 3.05) is 6.54 Å². The molecule has 15 heavy (non-hydrogen) atoms. The van der Waals surface area contributed by atoms with Crippen LogP contribution in [0.5, 0.6) is 0 Å². The van der Waals surface area contributed by atoms with Crippen molar-refractivity contribution in [3.05, 3.63) is 29.8 Å². The van der Waals surface area contributed by atoms with Gasteiger partial charge in [0.15, 0.2) is 4.90 Å². The van der Waals surface area contributed by atoms with Crippen molar-refractivity contribution in [3.8, 4) is 0 Å². The van der Waals surface area contributed by atoms with Crippen LogP contribution in [-0.2, 0) is 11.4 Å². The number of aryl methyl sites for hydroxylation is 1. The molecule has 0 N–H and O–H groups in total. The van der Waals surface area contributed by atoms with Gasteiger partial charge in [-0.2, -0.15) is 0 Å². The molecule has 2 nitrogen and oxygen atoms in total. The van der Waals surface area contributed by atoms with Gasteiger partial charge in [-0.3, -0.25) is 0 Å². The third kappa shape index (κ3) is 1.92. The molecule has 1 saturated carbocycles. The fraction of sp³-hybridized carbons (Fsp3) is 0.500. The predicted octanol–water partition coefficient (Wildman–Crippen LogP) is 2.11. The molecular formula is C12H15NOS. The van der Waals surface area contributed by atoms with Gasteiger partial charge in [-0.05, 0) is 37.8 Å². The predicted molar refractivity (Wildman–Crippen MR) is 60.8 cm³/mol. The number of rotatable bonds is 3. The van der Waals surface area contributed by atoms with Crippen molar-refractivity contribution >= 4 is 11.4 Å². The first-order valence-electron chi connectivity index (χ1n) is 5.51. The van der Waals surface area contributed by atoms with Gasteiger partial charge in [0.25, 0.3) is 0 Å². The van der Waals surface area contributed by atoms with Gasteiger partial charge in [0.2, 0.25) is 0 Å². The summed E-state index contributed by atoms with van der Waals surface area (Å²) in [7, 11) is 0. The molecule has 1 aromatic carbocycles. The molecule has 0 spiro atoms. The van der Waals surface area contributed by atoms with Crippen molar-refractivity contribution in [2.24, 2.45) is 5.92 Å². The summed E-state index contributed by atoms with van der Waals surface area (Å²) in [5, 5.41) is 0. The summed E-state index contributed by atoms with van der Waals surface area (Å²) >= 11 is -0.910. The van der Waals surface area contributed by atoms with Crippen molar-refractivity contribution in [3.63, 3.8) is 0 Å². The maximum absolute atomic E-state index is 12.1. The fourth-order valence-electron chi connectivity index (χ4n) is 1.98. The smallest absolute Gasteiger partial charge is 0.174 e. The second kappa shape index (κ2) is 3.51. The first-order chi connectivity index (χ1) is 7.25. The van der Waals surface area contributed by atoms with Gasteiger partial charge in [-0.15, -0.1) is 4.31 Å². The lowest BCUT2D eigenvalue weighted by atomic mass is 10.2. The highest BCUT2D eigenvalue weighted by Gasteiger charge is 2.53. The fourth-order valence-corrected chi connectivity index (χ4v) is 3.33. The summed E-state index contributed by atoms with van der Waals surface area (Å²) in [4.78, 5) is 0.948. The van der Waals surface area contributed by atoms with Gasteiger partial charge in [0.05, 0.1) is 23.9 Å². The zero-order valence-corrected chi connectivity index (χ0v) is 9.67. The summed E-state index contributed by atoms with van der Waals surface area (Å²) in [6, 6.07) is 8.64. The van der Waals surface area contributed by atoms with Crippen LogP contribution in [0.15, 0.2) is 29.2 Å². The van der Waals surface area contributed by atoms with Crippen molar-refractivity contribution < 1.29 is 4.55 Å². The Kier molecular flexibility index (Phi) is 2.27. The lowest BCUT2D eigenvalue weighted by Gasteiger charge is -2.10. The van der Waals surface area contributed by atoms with Crippen molar-refractivity contribution in [1.82, 2.24) is 4.31 Å². The van der Waals surface area contributed by atoms with Gasteiger partial charge in [-0.25, -0.2) is 0 Å². The quantitative estimate of drug-likeness (QED) is 0.577. The van der Waals surface area contributed by atoms with Crippen LogP contribution in [0.4, 0.5) is 0 Å². The minimum absolute atomic E-state index is 0.618. The van der Waals surface area contributed by atoms with E-state index in [2.05, 4.69) is 11.2 Å². The second-order valence-corrected chi connectivity index (χ2v) is 6.01. The van der Waals surface area contributed by atoms with E-state index in [1.165, 1.54) is 18.4 Å². The van der Waals surface area contributed by atoms with E-state index in [1.54, 1.807) is 0 Å². The zero-order chi connectivity index (χ0) is 10.4. The number of benzene rings is 1. The first-order valence-corrected chi connectivity index (χ1v) is 6.61. The van der Waals surface area contributed by atoms with Crippen LogP contribution in [-0.4, -0.2) is 21.4 Å². The van der Waals surface area contributed by atoms with Gasteiger partial charge in [-0.1, -0.05) is 17.7 Å². The van der Waals surface area contributed by atoms with Crippen LogP contribution in [0, 0.1) is 12.8 Å². The Labute approximate surface area is 93.6 Å². The van der Waals surface area contributed by atoms with E-state index in [4.69, 9.17) is 0 Å². The van der Waals surface area contributed by atoms with Crippen molar-refractivity contribution in [2.45, 2.75) is 30.7 Å². The molecule has 0 amide bonds. The number of hydrogen-bond donors (Lipinski definition) is 0. The molecule has 1 aliphatic carbocycles. The standard InChI is InChI=1S/C12H15NOS/c1-9-2-6-11(7-3-9)15(14)13-8-12(13)10-4-5-10/h2-3,6-7,10,12H,4-5,8H2,1H3/t12-,13?,15+/m0/s1. The zero-order valence-electron chi connectivity index (χ0n) is 8.85. The highest BCUT2D eigenvalue weighted by Crippen LogP contribution is 2.44. The largest absolute Gasteiger partial charge is 0.593 e. The molecule has 1 unspecified atom stereocenters. The van der Waals surface area contributed by atoms with E-state index in [0.717, 1.165) is 17.4 Å². The Hall–Kier alpha value is -0.510. The normalized spacial score (nSPS) is 31.3. The molecule has 1 aliphatic heterocycles. The van der Waals surface area contributed by atoms with E-state index in [9.17, 15) is 4.55 Å². The molecule has 2 aliphatic rings. The van der Waals surface area contributed by atoms with Crippen LogP contribution in [0.25, 0.3) is 0 Å². The molecule has 80 valence electrons. The Morgan fingerprint density at radius 1 is 1.27 bits per heavy atom. The Morgan fingerprint density at radius 2 is 1.93 bits per heavy atom. The number of hydrogen-bond acceptors (Lipinski definition) is 2. The molecule has 2 fully saturated rings. The topological polar surface area (TPSA) is 26.1 Å². The van der Waals surface area contributed by atoms with E-state index in [0.29, 0.717) is 6.04 Å². The molecule has 3 atom stereocenters. The summed E-state index contributed by atoms with van der Waals surface area (Å²) < 4.78 is 14.2. The Morgan fingerprint density at radius 3 is 2.53 bits per heavy atom. The van der Waals surface area contributed by atoms with E-state index < -0.39 is 11.4 Å². The molecule has 3 heteroatoms. The van der Waals surface area contributed by atoms with E-state index >= 15 is 0 Å². The molecule has 0 aromatic heterocycles. The third-order valence-corrected chi connectivity index (χ3v) is 4.73. The highest BCUT2D eigenvalue weighted by molar-refractivity contribution is 7.89. The van der Waals surface area contributed by atoms with Crippen LogP contribution in [0.1, 0.15) is 18.4 Å². The molecule has 1 saturated heterocycles. The molecule has 1 aromatic rings. The summed E-state index contributed by atoms with van der Waals surface area (Å²) in [6.07, 6.45) is 2.68. The lowest BCUT2D eigenvalue weighted by Crippen LogP contribution is -2.15.